The molecule has 1 heterocycles. The van der Waals surface area contributed by atoms with E-state index in [1.54, 1.807) is 12.1 Å². The number of carbonyl (C=O) groups is 1. The molecule has 0 amide bonds. The Labute approximate surface area is 154 Å². The van der Waals surface area contributed by atoms with E-state index < -0.39 is 5.97 Å². The maximum Gasteiger partial charge on any atom is 0.341 e. The predicted molar refractivity (Wildman–Crippen MR) is 100 cm³/mol. The van der Waals surface area contributed by atoms with Gasteiger partial charge in [0.15, 0.2) is 5.96 Å². The number of hydrogen-bond donors (Lipinski definition) is 1. The average molecular weight is 433 g/mol. The highest BCUT2D eigenvalue weighted by Crippen LogP contribution is 2.21. The number of esters is 1. The summed E-state index contributed by atoms with van der Waals surface area (Å²) >= 11 is 0. The van der Waals surface area contributed by atoms with Gasteiger partial charge in [0.05, 0.1) is 20.8 Å². The molecule has 0 saturated carbocycles. The second kappa shape index (κ2) is 9.59. The average Bonchev–Trinajstić information content (AvgIpc) is 2.59. The van der Waals surface area contributed by atoms with Gasteiger partial charge in [-0.1, -0.05) is 6.07 Å². The Hall–Kier alpha value is -1.51. The quantitative estimate of drug-likeness (QED) is 0.342. The summed E-state index contributed by atoms with van der Waals surface area (Å²) in [7, 11) is 2.87. The zero-order valence-corrected chi connectivity index (χ0v) is 15.9. The molecular formula is C16H24IN3O3. The molecule has 0 unspecified atom stereocenters. The van der Waals surface area contributed by atoms with Gasteiger partial charge < -0.3 is 20.1 Å². The Morgan fingerprint density at radius 1 is 1.26 bits per heavy atom. The number of rotatable bonds is 4. The Morgan fingerprint density at radius 3 is 2.57 bits per heavy atom. The van der Waals surface area contributed by atoms with E-state index in [0.29, 0.717) is 23.8 Å². The molecule has 128 valence electrons. The minimum Gasteiger partial charge on any atom is -0.496 e. The minimum absolute atomic E-state index is 0. The van der Waals surface area contributed by atoms with Crippen molar-refractivity contribution in [1.82, 2.24) is 4.90 Å². The molecule has 1 aliphatic rings. The third kappa shape index (κ3) is 5.26. The number of nitrogens with zero attached hydrogens (tertiary/aromatic N) is 2. The third-order valence-electron chi connectivity index (χ3n) is 3.77. The second-order valence-corrected chi connectivity index (χ2v) is 5.25. The number of benzene rings is 1. The first-order valence-electron chi connectivity index (χ1n) is 7.46. The zero-order chi connectivity index (χ0) is 15.9. The number of aliphatic imine (C=N–C) groups is 1. The Kier molecular flexibility index (Phi) is 8.15. The first-order valence-corrected chi connectivity index (χ1v) is 7.46. The smallest absolute Gasteiger partial charge is 0.341 e. The second-order valence-electron chi connectivity index (χ2n) is 5.25. The maximum absolute atomic E-state index is 11.6. The van der Waals surface area contributed by atoms with Crippen molar-refractivity contribution in [3.8, 4) is 5.75 Å². The molecule has 1 saturated heterocycles. The molecule has 23 heavy (non-hydrogen) atoms. The number of nitrogens with two attached hydrogens (primary N) is 1. The van der Waals surface area contributed by atoms with E-state index in [9.17, 15) is 4.79 Å². The van der Waals surface area contributed by atoms with Crippen LogP contribution in [0.15, 0.2) is 23.2 Å². The van der Waals surface area contributed by atoms with Crippen LogP contribution in [0.25, 0.3) is 0 Å². The van der Waals surface area contributed by atoms with Crippen molar-refractivity contribution in [2.45, 2.75) is 25.8 Å². The summed E-state index contributed by atoms with van der Waals surface area (Å²) in [5.74, 6) is 0.645. The van der Waals surface area contributed by atoms with Crippen LogP contribution in [0.4, 0.5) is 0 Å². The van der Waals surface area contributed by atoms with Crippen molar-refractivity contribution in [3.63, 3.8) is 0 Å². The highest BCUT2D eigenvalue weighted by atomic mass is 127. The number of piperidine rings is 1. The lowest BCUT2D eigenvalue weighted by Crippen LogP contribution is -2.40. The molecular weight excluding hydrogens is 409 g/mol. The van der Waals surface area contributed by atoms with Crippen molar-refractivity contribution in [2.75, 3.05) is 27.3 Å². The molecule has 0 aromatic heterocycles. The number of methoxy groups -OCH3 is 2. The van der Waals surface area contributed by atoms with Gasteiger partial charge in [0, 0.05) is 13.1 Å². The van der Waals surface area contributed by atoms with Gasteiger partial charge >= 0.3 is 5.97 Å². The molecule has 7 heteroatoms. The monoisotopic (exact) mass is 433 g/mol. The fourth-order valence-corrected chi connectivity index (χ4v) is 2.51. The van der Waals surface area contributed by atoms with Crippen LogP contribution in [0.2, 0.25) is 0 Å². The fourth-order valence-electron chi connectivity index (χ4n) is 2.51. The van der Waals surface area contributed by atoms with E-state index in [0.717, 1.165) is 31.5 Å². The molecule has 2 N–H and O–H groups in total. The molecule has 0 radical (unpaired) electrons. The van der Waals surface area contributed by atoms with E-state index in [4.69, 9.17) is 15.2 Å². The standard InChI is InChI=1S/C16H23N3O3.HI/c1-21-14-10-12(6-7-13(14)15(20)22-2)11-18-16(17)19-8-4-3-5-9-19;/h6-7,10H,3-5,8-9,11H2,1-2H3,(H2,17,18);1H. The lowest BCUT2D eigenvalue weighted by atomic mass is 10.1. The number of likely N-dealkylation sites (tertiary alicyclic amines) is 1. The van der Waals surface area contributed by atoms with E-state index >= 15 is 0 Å². The van der Waals surface area contributed by atoms with Crippen LogP contribution in [-0.4, -0.2) is 44.1 Å². The normalized spacial score (nSPS) is 14.9. The first kappa shape index (κ1) is 19.5. The molecule has 0 bridgehead atoms. The first-order chi connectivity index (χ1) is 10.7. The van der Waals surface area contributed by atoms with E-state index in [-0.39, 0.29) is 24.0 Å². The summed E-state index contributed by atoms with van der Waals surface area (Å²) in [6.45, 7) is 2.40. The summed E-state index contributed by atoms with van der Waals surface area (Å²) in [5.41, 5.74) is 7.38. The van der Waals surface area contributed by atoms with Gasteiger partial charge in [0.1, 0.15) is 11.3 Å². The SMILES string of the molecule is COC(=O)c1ccc(CN=C(N)N2CCCCC2)cc1OC.I. The molecule has 1 aliphatic heterocycles. The molecule has 0 aliphatic carbocycles. The highest BCUT2D eigenvalue weighted by Gasteiger charge is 2.14. The Morgan fingerprint density at radius 2 is 1.96 bits per heavy atom. The van der Waals surface area contributed by atoms with Crippen LogP contribution in [0.5, 0.6) is 5.75 Å². The highest BCUT2D eigenvalue weighted by molar-refractivity contribution is 14.0. The number of carbonyl (C=O) groups excluding carboxylic acids is 1. The fraction of sp³-hybridized carbons (Fsp3) is 0.500. The van der Waals surface area contributed by atoms with Gasteiger partial charge in [-0.05, 0) is 37.0 Å². The van der Waals surface area contributed by atoms with Crippen molar-refractivity contribution in [2.24, 2.45) is 10.7 Å². The Balaban J connectivity index is 0.00000264. The summed E-state index contributed by atoms with van der Waals surface area (Å²) in [6, 6.07) is 5.31. The lowest BCUT2D eigenvalue weighted by Gasteiger charge is -2.27. The number of guanidine groups is 1. The predicted octanol–water partition coefficient (Wildman–Crippen LogP) is 2.40. The van der Waals surface area contributed by atoms with Crippen LogP contribution in [0.1, 0.15) is 35.2 Å². The van der Waals surface area contributed by atoms with Crippen molar-refractivity contribution in [1.29, 1.82) is 0 Å². The summed E-state index contributed by atoms with van der Waals surface area (Å²) in [5, 5.41) is 0. The van der Waals surface area contributed by atoms with E-state index in [2.05, 4.69) is 9.89 Å². The molecule has 1 aromatic rings. The maximum atomic E-state index is 11.6. The number of hydrogen-bond acceptors (Lipinski definition) is 4. The van der Waals surface area contributed by atoms with E-state index in [1.807, 2.05) is 6.07 Å². The van der Waals surface area contributed by atoms with Crippen LogP contribution in [-0.2, 0) is 11.3 Å². The molecule has 2 rings (SSSR count). The van der Waals surface area contributed by atoms with Gasteiger partial charge in [0.25, 0.3) is 0 Å². The summed E-state index contributed by atoms with van der Waals surface area (Å²) in [4.78, 5) is 18.2. The summed E-state index contributed by atoms with van der Waals surface area (Å²) in [6.07, 6.45) is 3.59. The van der Waals surface area contributed by atoms with Crippen LogP contribution in [0, 0.1) is 0 Å². The van der Waals surface area contributed by atoms with E-state index in [1.165, 1.54) is 20.6 Å². The number of halogens is 1. The van der Waals surface area contributed by atoms with Gasteiger partial charge in [-0.25, -0.2) is 9.79 Å². The van der Waals surface area contributed by atoms with Gasteiger partial charge in [-0.2, -0.15) is 0 Å². The van der Waals surface area contributed by atoms with Crippen molar-refractivity contribution < 1.29 is 14.3 Å². The molecule has 6 nitrogen and oxygen atoms in total. The van der Waals surface area contributed by atoms with Crippen molar-refractivity contribution in [3.05, 3.63) is 29.3 Å². The Bertz CT molecular complexity index is 558. The number of ether oxygens (including phenoxy) is 2. The molecule has 1 aromatic carbocycles. The third-order valence-corrected chi connectivity index (χ3v) is 3.77. The van der Waals surface area contributed by atoms with Gasteiger partial charge in [-0.3, -0.25) is 0 Å². The molecule has 0 atom stereocenters. The molecule has 0 spiro atoms. The lowest BCUT2D eigenvalue weighted by molar-refractivity contribution is 0.0597. The summed E-state index contributed by atoms with van der Waals surface area (Å²) < 4.78 is 9.96. The zero-order valence-electron chi connectivity index (χ0n) is 13.6. The largest absolute Gasteiger partial charge is 0.496 e. The van der Waals surface area contributed by atoms with Crippen LogP contribution in [0.3, 0.4) is 0 Å². The van der Waals surface area contributed by atoms with Crippen LogP contribution >= 0.6 is 24.0 Å². The minimum atomic E-state index is -0.417. The molecule has 1 fully saturated rings. The van der Waals surface area contributed by atoms with Gasteiger partial charge in [0.2, 0.25) is 0 Å². The van der Waals surface area contributed by atoms with Crippen LogP contribution < -0.4 is 10.5 Å². The van der Waals surface area contributed by atoms with Gasteiger partial charge in [-0.15, -0.1) is 24.0 Å². The topological polar surface area (TPSA) is 77.1 Å². The van der Waals surface area contributed by atoms with Crippen molar-refractivity contribution >= 4 is 35.9 Å².